The van der Waals surface area contributed by atoms with E-state index in [0.717, 1.165) is 17.9 Å². The van der Waals surface area contributed by atoms with Crippen LogP contribution in [-0.2, 0) is 0 Å². The Balaban J connectivity index is 2.36. The van der Waals surface area contributed by atoms with Gasteiger partial charge >= 0.3 is 0 Å². The maximum absolute atomic E-state index is 5.44. The Bertz CT molecular complexity index is 418. The standard InChI is InChI=1S/C14H19NO/c1-14(2,3)12-8-11(9-15(4)10-12)13-6-5-7-16-13/h5-9H,10H2,1-4H3. The van der Waals surface area contributed by atoms with Gasteiger partial charge in [-0.3, -0.25) is 0 Å². The second kappa shape index (κ2) is 3.85. The van der Waals surface area contributed by atoms with Crippen LogP contribution in [0.1, 0.15) is 26.5 Å². The van der Waals surface area contributed by atoms with Crippen molar-refractivity contribution in [1.82, 2.24) is 4.90 Å². The smallest absolute Gasteiger partial charge is 0.135 e. The molecule has 0 atom stereocenters. The van der Waals surface area contributed by atoms with Gasteiger partial charge in [-0.2, -0.15) is 0 Å². The SMILES string of the molecule is CN1C=C(c2ccco2)C=C(C(C)(C)C)C1. The molecule has 0 N–H and O–H groups in total. The molecule has 0 unspecified atom stereocenters. The zero-order valence-corrected chi connectivity index (χ0v) is 10.4. The summed E-state index contributed by atoms with van der Waals surface area (Å²) in [5.41, 5.74) is 2.80. The molecule has 0 bridgehead atoms. The normalized spacial score (nSPS) is 17.1. The first kappa shape index (κ1) is 11.1. The third-order valence-corrected chi connectivity index (χ3v) is 2.88. The minimum Gasteiger partial charge on any atom is -0.464 e. The highest BCUT2D eigenvalue weighted by molar-refractivity contribution is 5.72. The molecule has 2 heteroatoms. The summed E-state index contributed by atoms with van der Waals surface area (Å²) < 4.78 is 5.44. The molecule has 16 heavy (non-hydrogen) atoms. The lowest BCUT2D eigenvalue weighted by molar-refractivity contribution is 0.407. The zero-order chi connectivity index (χ0) is 11.8. The molecule has 0 aliphatic carbocycles. The molecule has 0 aromatic carbocycles. The summed E-state index contributed by atoms with van der Waals surface area (Å²) in [6, 6.07) is 3.93. The van der Waals surface area contributed by atoms with E-state index in [4.69, 9.17) is 4.42 Å². The molecule has 2 heterocycles. The maximum Gasteiger partial charge on any atom is 0.135 e. The van der Waals surface area contributed by atoms with Crippen LogP contribution in [0.15, 0.2) is 40.7 Å². The Kier molecular flexibility index (Phi) is 2.66. The van der Waals surface area contributed by atoms with E-state index in [1.807, 2.05) is 12.1 Å². The van der Waals surface area contributed by atoms with E-state index in [2.05, 4.69) is 45.0 Å². The number of hydrogen-bond acceptors (Lipinski definition) is 2. The number of nitrogens with zero attached hydrogens (tertiary/aromatic N) is 1. The second-order valence-electron chi connectivity index (χ2n) is 5.40. The molecule has 0 saturated carbocycles. The van der Waals surface area contributed by atoms with Gasteiger partial charge in [0.05, 0.1) is 6.26 Å². The van der Waals surface area contributed by atoms with Crippen LogP contribution in [0.2, 0.25) is 0 Å². The molecule has 2 nitrogen and oxygen atoms in total. The third kappa shape index (κ3) is 2.21. The number of rotatable bonds is 1. The van der Waals surface area contributed by atoms with Crippen LogP contribution >= 0.6 is 0 Å². The molecule has 1 aromatic rings. The van der Waals surface area contributed by atoms with Gasteiger partial charge in [0.2, 0.25) is 0 Å². The summed E-state index contributed by atoms with van der Waals surface area (Å²) in [6.45, 7) is 7.74. The van der Waals surface area contributed by atoms with Crippen LogP contribution in [0.4, 0.5) is 0 Å². The minimum atomic E-state index is 0.209. The third-order valence-electron chi connectivity index (χ3n) is 2.88. The Morgan fingerprint density at radius 2 is 2.06 bits per heavy atom. The highest BCUT2D eigenvalue weighted by Gasteiger charge is 2.21. The van der Waals surface area contributed by atoms with Gasteiger partial charge in [0.15, 0.2) is 0 Å². The van der Waals surface area contributed by atoms with Gasteiger partial charge in [0, 0.05) is 25.4 Å². The molecule has 1 aromatic heterocycles. The Hall–Kier alpha value is -1.44. The van der Waals surface area contributed by atoms with E-state index in [0.29, 0.717) is 0 Å². The number of hydrogen-bond donors (Lipinski definition) is 0. The molecule has 0 saturated heterocycles. The molecule has 1 aliphatic rings. The molecule has 0 spiro atoms. The van der Waals surface area contributed by atoms with Crippen molar-refractivity contribution in [2.24, 2.45) is 5.41 Å². The topological polar surface area (TPSA) is 16.4 Å². The molecular weight excluding hydrogens is 198 g/mol. The van der Waals surface area contributed by atoms with Crippen LogP contribution in [0.3, 0.4) is 0 Å². The van der Waals surface area contributed by atoms with Crippen LogP contribution in [-0.4, -0.2) is 18.5 Å². The van der Waals surface area contributed by atoms with Gasteiger partial charge in [-0.1, -0.05) is 20.8 Å². The van der Waals surface area contributed by atoms with E-state index < -0.39 is 0 Å². The summed E-state index contributed by atoms with van der Waals surface area (Å²) in [4.78, 5) is 2.21. The lowest BCUT2D eigenvalue weighted by Crippen LogP contribution is -2.25. The van der Waals surface area contributed by atoms with E-state index in [-0.39, 0.29) is 5.41 Å². The predicted molar refractivity (Wildman–Crippen MR) is 66.9 cm³/mol. The summed E-state index contributed by atoms with van der Waals surface area (Å²) in [6.07, 6.45) is 6.10. The van der Waals surface area contributed by atoms with Gasteiger partial charge in [0.25, 0.3) is 0 Å². The summed E-state index contributed by atoms with van der Waals surface area (Å²) in [5, 5.41) is 0. The van der Waals surface area contributed by atoms with Crippen LogP contribution in [0, 0.1) is 5.41 Å². The van der Waals surface area contributed by atoms with Crippen molar-refractivity contribution < 1.29 is 4.42 Å². The van der Waals surface area contributed by atoms with Gasteiger partial charge in [-0.05, 0) is 29.2 Å². The highest BCUT2D eigenvalue weighted by atomic mass is 16.3. The van der Waals surface area contributed by atoms with Crippen LogP contribution in [0.25, 0.3) is 5.57 Å². The van der Waals surface area contributed by atoms with E-state index in [1.165, 1.54) is 5.57 Å². The molecular formula is C14H19NO. The first-order valence-corrected chi connectivity index (χ1v) is 5.64. The fourth-order valence-corrected chi connectivity index (χ4v) is 1.85. The lowest BCUT2D eigenvalue weighted by Gasteiger charge is -2.30. The monoisotopic (exact) mass is 217 g/mol. The number of allylic oxidation sites excluding steroid dienone is 2. The van der Waals surface area contributed by atoms with Gasteiger partial charge < -0.3 is 9.32 Å². The minimum absolute atomic E-state index is 0.209. The maximum atomic E-state index is 5.44. The summed E-state index contributed by atoms with van der Waals surface area (Å²) in [7, 11) is 2.10. The Morgan fingerprint density at radius 3 is 2.62 bits per heavy atom. The summed E-state index contributed by atoms with van der Waals surface area (Å²) in [5.74, 6) is 0.938. The van der Waals surface area contributed by atoms with Crippen molar-refractivity contribution in [2.45, 2.75) is 20.8 Å². The van der Waals surface area contributed by atoms with Crippen molar-refractivity contribution in [3.8, 4) is 0 Å². The van der Waals surface area contributed by atoms with Crippen molar-refractivity contribution in [2.75, 3.05) is 13.6 Å². The van der Waals surface area contributed by atoms with Crippen molar-refractivity contribution >= 4 is 5.57 Å². The zero-order valence-electron chi connectivity index (χ0n) is 10.4. The average Bonchev–Trinajstić information content (AvgIpc) is 2.68. The van der Waals surface area contributed by atoms with Gasteiger partial charge in [-0.15, -0.1) is 0 Å². The molecule has 1 aliphatic heterocycles. The number of likely N-dealkylation sites (N-methyl/N-ethyl adjacent to an activating group) is 1. The number of furan rings is 1. The average molecular weight is 217 g/mol. The fraction of sp³-hybridized carbons (Fsp3) is 0.429. The first-order chi connectivity index (χ1) is 7.47. The molecule has 0 fully saturated rings. The fourth-order valence-electron chi connectivity index (χ4n) is 1.85. The van der Waals surface area contributed by atoms with Gasteiger partial charge in [-0.25, -0.2) is 0 Å². The van der Waals surface area contributed by atoms with Crippen molar-refractivity contribution in [3.05, 3.63) is 42.0 Å². The first-order valence-electron chi connectivity index (χ1n) is 5.64. The van der Waals surface area contributed by atoms with Crippen LogP contribution in [0.5, 0.6) is 0 Å². The molecule has 86 valence electrons. The van der Waals surface area contributed by atoms with Crippen molar-refractivity contribution in [3.63, 3.8) is 0 Å². The predicted octanol–water partition coefficient (Wildman–Crippen LogP) is 3.54. The van der Waals surface area contributed by atoms with Crippen molar-refractivity contribution in [1.29, 1.82) is 0 Å². The lowest BCUT2D eigenvalue weighted by atomic mass is 9.83. The Morgan fingerprint density at radius 1 is 1.31 bits per heavy atom. The second-order valence-corrected chi connectivity index (χ2v) is 5.40. The van der Waals surface area contributed by atoms with E-state index in [9.17, 15) is 0 Å². The van der Waals surface area contributed by atoms with Gasteiger partial charge in [0.1, 0.15) is 5.76 Å². The molecule has 0 radical (unpaired) electrons. The highest BCUT2D eigenvalue weighted by Crippen LogP contribution is 2.32. The Labute approximate surface area is 97.2 Å². The largest absolute Gasteiger partial charge is 0.464 e. The quantitative estimate of drug-likeness (QED) is 0.715. The van der Waals surface area contributed by atoms with E-state index >= 15 is 0 Å². The van der Waals surface area contributed by atoms with E-state index in [1.54, 1.807) is 6.26 Å². The molecule has 2 rings (SSSR count). The van der Waals surface area contributed by atoms with Crippen LogP contribution < -0.4 is 0 Å². The molecule has 0 amide bonds. The summed E-state index contributed by atoms with van der Waals surface area (Å²) >= 11 is 0.